The van der Waals surface area contributed by atoms with Crippen LogP contribution in [0.1, 0.15) is 16.7 Å². The topological polar surface area (TPSA) is 84.9 Å². The van der Waals surface area contributed by atoms with Crippen LogP contribution in [0.2, 0.25) is 0 Å². The van der Waals surface area contributed by atoms with Gasteiger partial charge in [0.2, 0.25) is 0 Å². The zero-order valence-corrected chi connectivity index (χ0v) is 24.1. The fraction of sp³-hybridized carbons (Fsp3) is 0.0645. The molecule has 0 aromatic heterocycles. The lowest BCUT2D eigenvalue weighted by Crippen LogP contribution is -2.54. The number of amides is 4. The molecule has 0 bridgehead atoms. The Kier molecular flexibility index (Phi) is 8.42. The quantitative estimate of drug-likeness (QED) is 0.162. The molecule has 5 rings (SSSR count). The zero-order valence-electron chi connectivity index (χ0n) is 21.0. The molecule has 0 unspecified atom stereocenters. The Morgan fingerprint density at radius 1 is 0.725 bits per heavy atom. The van der Waals surface area contributed by atoms with Crippen LogP contribution in [0.3, 0.4) is 0 Å². The molecule has 0 atom stereocenters. The molecule has 0 radical (unpaired) electrons. The first-order valence-electron chi connectivity index (χ1n) is 12.2. The minimum atomic E-state index is -0.822. The summed E-state index contributed by atoms with van der Waals surface area (Å²) >= 11 is 7.03. The van der Waals surface area contributed by atoms with E-state index in [-0.39, 0.29) is 5.57 Å². The molecule has 7 nitrogen and oxygen atoms in total. The number of ether oxygens (including phenoxy) is 2. The van der Waals surface area contributed by atoms with Gasteiger partial charge in [0.25, 0.3) is 11.8 Å². The van der Waals surface area contributed by atoms with Crippen LogP contribution in [-0.2, 0) is 22.8 Å². The first-order valence-corrected chi connectivity index (χ1v) is 13.8. The summed E-state index contributed by atoms with van der Waals surface area (Å²) in [4.78, 5) is 39.6. The number of halogens is 2. The van der Waals surface area contributed by atoms with Gasteiger partial charge in [0.05, 0.1) is 14.6 Å². The number of imide groups is 2. The van der Waals surface area contributed by atoms with Crippen molar-refractivity contribution in [2.24, 2.45) is 0 Å². The molecule has 1 heterocycles. The molecule has 1 fully saturated rings. The molecular weight excluding hydrogens is 640 g/mol. The lowest BCUT2D eigenvalue weighted by Gasteiger charge is -2.26. The predicted molar refractivity (Wildman–Crippen MR) is 159 cm³/mol. The van der Waals surface area contributed by atoms with Gasteiger partial charge in [-0.3, -0.25) is 14.9 Å². The lowest BCUT2D eigenvalue weighted by atomic mass is 10.1. The predicted octanol–water partition coefficient (Wildman–Crippen LogP) is 7.04. The maximum absolute atomic E-state index is 13.3. The van der Waals surface area contributed by atoms with Crippen molar-refractivity contribution in [3.8, 4) is 11.5 Å². The molecule has 9 heteroatoms. The fourth-order valence-electron chi connectivity index (χ4n) is 4.02. The monoisotopic (exact) mass is 660 g/mol. The Hall–Kier alpha value is -4.21. The van der Waals surface area contributed by atoms with Crippen molar-refractivity contribution in [3.63, 3.8) is 0 Å². The van der Waals surface area contributed by atoms with E-state index in [9.17, 15) is 14.4 Å². The second kappa shape index (κ2) is 12.3. The first kappa shape index (κ1) is 27.4. The van der Waals surface area contributed by atoms with Gasteiger partial charge in [0, 0.05) is 0 Å². The fourth-order valence-corrected chi connectivity index (χ4v) is 5.47. The summed E-state index contributed by atoms with van der Waals surface area (Å²) < 4.78 is 13.0. The van der Waals surface area contributed by atoms with Gasteiger partial charge >= 0.3 is 6.03 Å². The number of anilines is 1. The molecule has 1 aliphatic heterocycles. The summed E-state index contributed by atoms with van der Waals surface area (Å²) in [6.45, 7) is 0.748. The van der Waals surface area contributed by atoms with Crippen molar-refractivity contribution >= 4 is 61.5 Å². The number of carbonyl (C=O) groups is 3. The van der Waals surface area contributed by atoms with Crippen LogP contribution in [0.4, 0.5) is 10.5 Å². The third-order valence-corrected chi connectivity index (χ3v) is 7.18. The summed E-state index contributed by atoms with van der Waals surface area (Å²) in [6, 6.07) is 28.6. The Labute approximate surface area is 247 Å². The van der Waals surface area contributed by atoms with Crippen LogP contribution >= 0.6 is 31.9 Å². The second-order valence-corrected chi connectivity index (χ2v) is 10.5. The largest absolute Gasteiger partial charge is 0.489 e. The van der Waals surface area contributed by atoms with Crippen LogP contribution in [0.25, 0.3) is 6.08 Å². The van der Waals surface area contributed by atoms with Gasteiger partial charge in [-0.25, -0.2) is 9.69 Å². The number of nitrogens with one attached hydrogen (secondary N) is 1. The van der Waals surface area contributed by atoms with Crippen molar-refractivity contribution in [2.45, 2.75) is 13.2 Å². The molecular formula is C31H22Br2N2O5. The summed E-state index contributed by atoms with van der Waals surface area (Å²) in [5.74, 6) is -0.348. The van der Waals surface area contributed by atoms with Gasteiger partial charge in [-0.05, 0) is 91.0 Å². The molecule has 1 saturated heterocycles. The normalized spacial score (nSPS) is 14.3. The SMILES string of the molecule is O=C1NC(=O)N(c2ccc(OCc3ccccc3)cc2)C(=O)/C1=C/c1cc(Br)c(OCc2ccccc2)c(Br)c1. The average molecular weight is 662 g/mol. The van der Waals surface area contributed by atoms with Gasteiger partial charge in [-0.15, -0.1) is 0 Å². The number of carbonyl (C=O) groups excluding carboxylic acids is 3. The van der Waals surface area contributed by atoms with Gasteiger partial charge in [0.15, 0.2) is 0 Å². The van der Waals surface area contributed by atoms with E-state index in [2.05, 4.69) is 37.2 Å². The van der Waals surface area contributed by atoms with Crippen LogP contribution < -0.4 is 19.7 Å². The van der Waals surface area contributed by atoms with Crippen molar-refractivity contribution in [1.29, 1.82) is 0 Å². The van der Waals surface area contributed by atoms with Crippen molar-refractivity contribution < 1.29 is 23.9 Å². The van der Waals surface area contributed by atoms with E-state index in [1.165, 1.54) is 6.08 Å². The lowest BCUT2D eigenvalue weighted by molar-refractivity contribution is -0.122. The highest BCUT2D eigenvalue weighted by Crippen LogP contribution is 2.36. The van der Waals surface area contributed by atoms with Gasteiger partial charge in [0.1, 0.15) is 30.3 Å². The number of barbiturate groups is 1. The van der Waals surface area contributed by atoms with Crippen molar-refractivity contribution in [3.05, 3.63) is 128 Å². The zero-order chi connectivity index (χ0) is 28.1. The van der Waals surface area contributed by atoms with Crippen LogP contribution in [0.5, 0.6) is 11.5 Å². The Morgan fingerprint density at radius 3 is 1.85 bits per heavy atom. The molecule has 0 spiro atoms. The molecule has 0 aliphatic carbocycles. The maximum Gasteiger partial charge on any atom is 0.335 e. The highest BCUT2D eigenvalue weighted by atomic mass is 79.9. The molecule has 200 valence electrons. The Bertz CT molecular complexity index is 1570. The summed E-state index contributed by atoms with van der Waals surface area (Å²) in [5, 5.41) is 2.25. The van der Waals surface area contributed by atoms with E-state index in [0.29, 0.717) is 44.9 Å². The van der Waals surface area contributed by atoms with E-state index in [0.717, 1.165) is 16.0 Å². The number of hydrogen-bond acceptors (Lipinski definition) is 5. The first-order chi connectivity index (χ1) is 19.4. The third kappa shape index (κ3) is 6.32. The second-order valence-electron chi connectivity index (χ2n) is 8.81. The van der Waals surface area contributed by atoms with Crippen LogP contribution in [-0.4, -0.2) is 17.8 Å². The molecule has 0 saturated carbocycles. The number of rotatable bonds is 8. The minimum absolute atomic E-state index is 0.180. The highest BCUT2D eigenvalue weighted by molar-refractivity contribution is 9.11. The summed E-state index contributed by atoms with van der Waals surface area (Å²) in [5.41, 5.74) is 2.71. The van der Waals surface area contributed by atoms with Gasteiger partial charge in [-0.1, -0.05) is 60.7 Å². The van der Waals surface area contributed by atoms with Crippen molar-refractivity contribution in [2.75, 3.05) is 4.90 Å². The van der Waals surface area contributed by atoms with E-state index in [1.807, 2.05) is 60.7 Å². The smallest absolute Gasteiger partial charge is 0.335 e. The van der Waals surface area contributed by atoms with Crippen LogP contribution in [0, 0.1) is 0 Å². The van der Waals surface area contributed by atoms with Gasteiger partial charge in [-0.2, -0.15) is 0 Å². The number of nitrogens with zero attached hydrogens (tertiary/aromatic N) is 1. The number of benzene rings is 4. The molecule has 4 aromatic carbocycles. The summed E-state index contributed by atoms with van der Waals surface area (Å²) in [7, 11) is 0. The molecule has 4 aromatic rings. The van der Waals surface area contributed by atoms with Crippen molar-refractivity contribution in [1.82, 2.24) is 5.32 Å². The molecule has 1 N–H and O–H groups in total. The average Bonchev–Trinajstić information content (AvgIpc) is 2.95. The van der Waals surface area contributed by atoms with E-state index in [1.54, 1.807) is 36.4 Å². The van der Waals surface area contributed by atoms with E-state index in [4.69, 9.17) is 9.47 Å². The van der Waals surface area contributed by atoms with E-state index < -0.39 is 17.8 Å². The highest BCUT2D eigenvalue weighted by Gasteiger charge is 2.36. The molecule has 4 amide bonds. The Balaban J connectivity index is 1.33. The Morgan fingerprint density at radius 2 is 1.27 bits per heavy atom. The standard InChI is InChI=1S/C31H22Br2N2O5/c32-26-16-22(17-27(33)28(26)40-19-21-9-5-2-6-10-21)15-25-29(36)34-31(38)35(30(25)37)23-11-13-24(14-12-23)39-18-20-7-3-1-4-8-20/h1-17H,18-19H2,(H,34,36,38)/b25-15+. The molecule has 40 heavy (non-hydrogen) atoms. The van der Waals surface area contributed by atoms with Gasteiger partial charge < -0.3 is 9.47 Å². The van der Waals surface area contributed by atoms with E-state index >= 15 is 0 Å². The third-order valence-electron chi connectivity index (χ3n) is 6.00. The molecule has 1 aliphatic rings. The summed E-state index contributed by atoms with van der Waals surface area (Å²) in [6.07, 6.45) is 1.44. The number of hydrogen-bond donors (Lipinski definition) is 1. The maximum atomic E-state index is 13.3. The van der Waals surface area contributed by atoms with Crippen LogP contribution in [0.15, 0.2) is 112 Å². The number of urea groups is 1. The minimum Gasteiger partial charge on any atom is -0.489 e.